The zero-order valence-corrected chi connectivity index (χ0v) is 15.7. The number of hydrogen-bond donors (Lipinski definition) is 2. The van der Waals surface area contributed by atoms with E-state index in [-0.39, 0.29) is 30.5 Å². The van der Waals surface area contributed by atoms with Gasteiger partial charge in [-0.15, -0.1) is 11.3 Å². The number of thiophene rings is 1. The summed E-state index contributed by atoms with van der Waals surface area (Å²) < 4.78 is 0. The predicted octanol–water partition coefficient (Wildman–Crippen LogP) is 1.82. The molecule has 1 aliphatic heterocycles. The lowest BCUT2D eigenvalue weighted by Crippen LogP contribution is -2.37. The quantitative estimate of drug-likeness (QED) is 0.839. The number of aliphatic hydroxyl groups is 1. The summed E-state index contributed by atoms with van der Waals surface area (Å²) in [5.41, 5.74) is 1.04. The highest BCUT2D eigenvalue weighted by molar-refractivity contribution is 7.12. The summed E-state index contributed by atoms with van der Waals surface area (Å²) in [6.07, 6.45) is 0.713. The highest BCUT2D eigenvalue weighted by Gasteiger charge is 2.30. The molecule has 0 radical (unpaired) electrons. The Morgan fingerprint density at radius 3 is 2.73 bits per heavy atom. The van der Waals surface area contributed by atoms with Crippen LogP contribution in [-0.4, -0.2) is 61.2 Å². The lowest BCUT2D eigenvalue weighted by atomic mass is 10.1. The van der Waals surface area contributed by atoms with Crippen LogP contribution in [0.2, 0.25) is 0 Å². The van der Waals surface area contributed by atoms with E-state index in [4.69, 9.17) is 0 Å². The topological polar surface area (TPSA) is 72.9 Å². The van der Waals surface area contributed by atoms with Crippen LogP contribution in [-0.2, 0) is 0 Å². The van der Waals surface area contributed by atoms with Gasteiger partial charge in [0.1, 0.15) is 0 Å². The fourth-order valence-electron chi connectivity index (χ4n) is 3.29. The molecule has 138 valence electrons. The fourth-order valence-corrected chi connectivity index (χ4v) is 3.99. The largest absolute Gasteiger partial charge is 0.395 e. The van der Waals surface area contributed by atoms with Crippen LogP contribution >= 0.6 is 11.3 Å². The summed E-state index contributed by atoms with van der Waals surface area (Å²) in [6, 6.07) is 10.8. The SMILES string of the molecule is CN(C(=O)c1cccs1)c1ccccc1C(=O)N[C@@H]1C[C@@H](CO)N(C)C1. The Morgan fingerprint density at radius 2 is 2.08 bits per heavy atom. The standard InChI is InChI=1S/C19H23N3O3S/c1-21-11-13(10-14(21)12-23)20-18(24)15-6-3-4-7-16(15)22(2)19(25)17-8-5-9-26-17/h3-9,13-14,23H,10-12H2,1-2H3,(H,20,24)/t13-,14+/m1/s1. The molecule has 0 saturated carbocycles. The Labute approximate surface area is 157 Å². The van der Waals surface area contributed by atoms with Crippen LogP contribution in [0.4, 0.5) is 5.69 Å². The summed E-state index contributed by atoms with van der Waals surface area (Å²) >= 11 is 1.38. The molecule has 2 amide bonds. The molecule has 7 heteroatoms. The smallest absolute Gasteiger partial charge is 0.268 e. The van der Waals surface area contributed by atoms with Gasteiger partial charge in [-0.05, 0) is 37.0 Å². The highest BCUT2D eigenvalue weighted by Crippen LogP contribution is 2.23. The summed E-state index contributed by atoms with van der Waals surface area (Å²) in [5.74, 6) is -0.343. The molecule has 1 aromatic carbocycles. The molecule has 2 aromatic rings. The minimum atomic E-state index is -0.205. The van der Waals surface area contributed by atoms with E-state index in [1.54, 1.807) is 31.3 Å². The number of anilines is 1. The second-order valence-corrected chi connectivity index (χ2v) is 7.49. The van der Waals surface area contributed by atoms with Crippen molar-refractivity contribution in [3.8, 4) is 0 Å². The minimum Gasteiger partial charge on any atom is -0.395 e. The van der Waals surface area contributed by atoms with Crippen LogP contribution in [0.15, 0.2) is 41.8 Å². The summed E-state index contributed by atoms with van der Waals surface area (Å²) in [6.45, 7) is 0.778. The van der Waals surface area contributed by atoms with Crippen molar-refractivity contribution in [2.75, 3.05) is 32.1 Å². The maximum atomic E-state index is 12.8. The number of rotatable bonds is 5. The molecule has 1 fully saturated rings. The third-order valence-electron chi connectivity index (χ3n) is 4.78. The second kappa shape index (κ2) is 7.99. The zero-order valence-electron chi connectivity index (χ0n) is 14.9. The van der Waals surface area contributed by atoms with Gasteiger partial charge in [0, 0.05) is 25.7 Å². The maximum Gasteiger partial charge on any atom is 0.268 e. The lowest BCUT2D eigenvalue weighted by molar-refractivity contribution is 0.0939. The van der Waals surface area contributed by atoms with Crippen molar-refractivity contribution in [2.45, 2.75) is 18.5 Å². The third-order valence-corrected chi connectivity index (χ3v) is 5.64. The third kappa shape index (κ3) is 3.80. The normalized spacial score (nSPS) is 20.1. The van der Waals surface area contributed by atoms with Crippen LogP contribution in [0.3, 0.4) is 0 Å². The second-order valence-electron chi connectivity index (χ2n) is 6.54. The number of amides is 2. The van der Waals surface area contributed by atoms with Crippen LogP contribution in [0.1, 0.15) is 26.5 Å². The van der Waals surface area contributed by atoms with E-state index in [1.807, 2.05) is 29.5 Å². The number of likely N-dealkylation sites (N-methyl/N-ethyl adjacent to an activating group) is 1. The average molecular weight is 373 g/mol. The first kappa shape index (κ1) is 18.6. The lowest BCUT2D eigenvalue weighted by Gasteiger charge is -2.21. The highest BCUT2D eigenvalue weighted by atomic mass is 32.1. The Hall–Kier alpha value is -2.22. The van der Waals surface area contributed by atoms with E-state index in [0.717, 1.165) is 0 Å². The minimum absolute atomic E-state index is 0.0176. The van der Waals surface area contributed by atoms with E-state index >= 15 is 0 Å². The molecule has 6 nitrogen and oxygen atoms in total. The molecule has 1 aliphatic rings. The number of nitrogens with one attached hydrogen (secondary N) is 1. The van der Waals surface area contributed by atoms with Gasteiger partial charge in [0.2, 0.25) is 0 Å². The molecule has 2 heterocycles. The van der Waals surface area contributed by atoms with Crippen molar-refractivity contribution in [1.29, 1.82) is 0 Å². The number of nitrogens with zero attached hydrogens (tertiary/aromatic N) is 2. The number of carbonyl (C=O) groups is 2. The van der Waals surface area contributed by atoms with Crippen LogP contribution in [0, 0.1) is 0 Å². The molecule has 26 heavy (non-hydrogen) atoms. The first-order valence-electron chi connectivity index (χ1n) is 8.53. The van der Waals surface area contributed by atoms with Crippen molar-refractivity contribution >= 4 is 28.8 Å². The molecule has 0 aliphatic carbocycles. The van der Waals surface area contributed by atoms with E-state index in [9.17, 15) is 14.7 Å². The zero-order chi connectivity index (χ0) is 18.7. The number of likely N-dealkylation sites (tertiary alicyclic amines) is 1. The number of benzene rings is 1. The number of carbonyl (C=O) groups excluding carboxylic acids is 2. The van der Waals surface area contributed by atoms with E-state index in [1.165, 1.54) is 16.2 Å². The van der Waals surface area contributed by atoms with E-state index in [0.29, 0.717) is 29.1 Å². The van der Waals surface area contributed by atoms with Gasteiger partial charge in [-0.1, -0.05) is 18.2 Å². The van der Waals surface area contributed by atoms with Crippen LogP contribution in [0.5, 0.6) is 0 Å². The number of aliphatic hydroxyl groups excluding tert-OH is 1. The van der Waals surface area contributed by atoms with Crippen molar-refractivity contribution < 1.29 is 14.7 Å². The maximum absolute atomic E-state index is 12.8. The molecule has 1 saturated heterocycles. The monoisotopic (exact) mass is 373 g/mol. The predicted molar refractivity (Wildman–Crippen MR) is 103 cm³/mol. The van der Waals surface area contributed by atoms with Gasteiger partial charge in [0.05, 0.1) is 22.7 Å². The van der Waals surface area contributed by atoms with E-state index < -0.39 is 0 Å². The molecule has 3 rings (SSSR count). The van der Waals surface area contributed by atoms with E-state index in [2.05, 4.69) is 5.32 Å². The fraction of sp³-hybridized carbons (Fsp3) is 0.368. The Kier molecular flexibility index (Phi) is 5.70. The van der Waals surface area contributed by atoms with Crippen molar-refractivity contribution in [1.82, 2.24) is 10.2 Å². The van der Waals surface area contributed by atoms with Crippen molar-refractivity contribution in [3.63, 3.8) is 0 Å². The van der Waals surface area contributed by atoms with Crippen LogP contribution in [0.25, 0.3) is 0 Å². The molecule has 0 unspecified atom stereocenters. The van der Waals surface area contributed by atoms with Gasteiger partial charge in [0.15, 0.2) is 0 Å². The first-order valence-corrected chi connectivity index (χ1v) is 9.41. The van der Waals surface area contributed by atoms with Gasteiger partial charge in [0.25, 0.3) is 11.8 Å². The van der Waals surface area contributed by atoms with Gasteiger partial charge in [-0.3, -0.25) is 14.5 Å². The van der Waals surface area contributed by atoms with Gasteiger partial charge < -0.3 is 15.3 Å². The molecule has 0 bridgehead atoms. The Balaban J connectivity index is 1.76. The Bertz CT molecular complexity index is 778. The summed E-state index contributed by atoms with van der Waals surface area (Å²) in [7, 11) is 3.62. The van der Waals surface area contributed by atoms with Crippen molar-refractivity contribution in [2.24, 2.45) is 0 Å². The van der Waals surface area contributed by atoms with Crippen molar-refractivity contribution in [3.05, 3.63) is 52.2 Å². The van der Waals surface area contributed by atoms with Gasteiger partial charge in [-0.25, -0.2) is 0 Å². The molecular formula is C19H23N3O3S. The number of para-hydroxylation sites is 1. The average Bonchev–Trinajstić information content (AvgIpc) is 3.30. The number of hydrogen-bond acceptors (Lipinski definition) is 5. The molecule has 1 aromatic heterocycles. The van der Waals surface area contributed by atoms with Crippen LogP contribution < -0.4 is 10.2 Å². The van der Waals surface area contributed by atoms with Gasteiger partial charge >= 0.3 is 0 Å². The molecule has 0 spiro atoms. The Morgan fingerprint density at radius 1 is 1.31 bits per heavy atom. The van der Waals surface area contributed by atoms with Gasteiger partial charge in [-0.2, -0.15) is 0 Å². The molecule has 2 atom stereocenters. The summed E-state index contributed by atoms with van der Waals surface area (Å²) in [5, 5.41) is 14.3. The summed E-state index contributed by atoms with van der Waals surface area (Å²) in [4.78, 5) is 29.6. The molecule has 2 N–H and O–H groups in total. The molecular weight excluding hydrogens is 350 g/mol. The first-order chi connectivity index (χ1) is 12.5.